The average Bonchev–Trinajstić information content (AvgIpc) is 3.06. The van der Waals surface area contributed by atoms with Gasteiger partial charge in [-0.15, -0.1) is 5.10 Å². The van der Waals surface area contributed by atoms with Crippen LogP contribution in [0.2, 0.25) is 0 Å². The van der Waals surface area contributed by atoms with Crippen molar-refractivity contribution in [3.8, 4) is 0 Å². The van der Waals surface area contributed by atoms with E-state index >= 15 is 0 Å². The zero-order valence-corrected chi connectivity index (χ0v) is 14.0. The van der Waals surface area contributed by atoms with Gasteiger partial charge in [0.05, 0.1) is 0 Å². The van der Waals surface area contributed by atoms with Gasteiger partial charge in [-0.25, -0.2) is 14.6 Å². The van der Waals surface area contributed by atoms with Crippen molar-refractivity contribution < 1.29 is 0 Å². The first kappa shape index (κ1) is 14.6. The second-order valence-electron chi connectivity index (χ2n) is 6.88. The Hall–Kier alpha value is -2.77. The molecule has 0 radical (unpaired) electrons. The van der Waals surface area contributed by atoms with Crippen LogP contribution >= 0.6 is 0 Å². The third-order valence-corrected chi connectivity index (χ3v) is 5.36. The van der Waals surface area contributed by atoms with E-state index in [9.17, 15) is 4.79 Å². The highest BCUT2D eigenvalue weighted by Crippen LogP contribution is 2.37. The Kier molecular flexibility index (Phi) is 3.13. The van der Waals surface area contributed by atoms with Gasteiger partial charge in [0, 0.05) is 43.9 Å². The maximum absolute atomic E-state index is 12.2. The van der Waals surface area contributed by atoms with E-state index in [1.807, 2.05) is 17.6 Å². The van der Waals surface area contributed by atoms with Crippen LogP contribution in [0.3, 0.4) is 0 Å². The molecular formula is C17H19N7O. The van der Waals surface area contributed by atoms with Gasteiger partial charge in [0.1, 0.15) is 6.33 Å². The van der Waals surface area contributed by atoms with Crippen molar-refractivity contribution >= 4 is 17.0 Å². The lowest BCUT2D eigenvalue weighted by atomic mass is 9.83. The third kappa shape index (κ3) is 2.16. The minimum atomic E-state index is 0.107. The van der Waals surface area contributed by atoms with Crippen LogP contribution in [0, 0.1) is 5.92 Å². The van der Waals surface area contributed by atoms with E-state index in [0.717, 1.165) is 55.3 Å². The number of nitrogens with zero attached hydrogens (tertiary/aromatic N) is 7. The second kappa shape index (κ2) is 5.37. The first-order valence-electron chi connectivity index (χ1n) is 8.73. The van der Waals surface area contributed by atoms with Crippen LogP contribution in [0.15, 0.2) is 29.3 Å². The summed E-state index contributed by atoms with van der Waals surface area (Å²) < 4.78 is 3.74. The zero-order valence-electron chi connectivity index (χ0n) is 14.0. The SMILES string of the molecule is CCn1nnc2c(N3CC4CC(C3)c3cccc(=O)n3C4)ncnc21. The molecule has 3 aromatic rings. The molecule has 5 heterocycles. The highest BCUT2D eigenvalue weighted by Gasteiger charge is 2.35. The van der Waals surface area contributed by atoms with E-state index in [-0.39, 0.29) is 5.56 Å². The Morgan fingerprint density at radius 1 is 1.20 bits per heavy atom. The molecule has 0 saturated carbocycles. The number of pyridine rings is 1. The van der Waals surface area contributed by atoms with Gasteiger partial charge >= 0.3 is 0 Å². The number of hydrogen-bond donors (Lipinski definition) is 0. The van der Waals surface area contributed by atoms with E-state index in [0.29, 0.717) is 11.8 Å². The fraction of sp³-hybridized carbons (Fsp3) is 0.471. The van der Waals surface area contributed by atoms with Crippen LogP contribution in [0.25, 0.3) is 11.2 Å². The lowest BCUT2D eigenvalue weighted by Crippen LogP contribution is -2.47. The Morgan fingerprint density at radius 2 is 2.12 bits per heavy atom. The number of aromatic nitrogens is 6. The van der Waals surface area contributed by atoms with Crippen LogP contribution in [0.1, 0.15) is 25.0 Å². The molecule has 1 saturated heterocycles. The normalized spacial score (nSPS) is 22.2. The van der Waals surface area contributed by atoms with Crippen molar-refractivity contribution in [2.45, 2.75) is 32.4 Å². The third-order valence-electron chi connectivity index (χ3n) is 5.36. The van der Waals surface area contributed by atoms with Gasteiger partial charge in [0.2, 0.25) is 0 Å². The number of rotatable bonds is 2. The molecule has 0 amide bonds. The lowest BCUT2D eigenvalue weighted by Gasteiger charge is -2.43. The summed E-state index contributed by atoms with van der Waals surface area (Å²) in [4.78, 5) is 23.3. The summed E-state index contributed by atoms with van der Waals surface area (Å²) in [7, 11) is 0. The number of aryl methyl sites for hydroxylation is 1. The maximum atomic E-state index is 12.2. The Balaban J connectivity index is 1.56. The fourth-order valence-electron chi connectivity index (χ4n) is 4.29. The minimum Gasteiger partial charge on any atom is -0.354 e. The highest BCUT2D eigenvalue weighted by atomic mass is 16.1. The molecule has 25 heavy (non-hydrogen) atoms. The van der Waals surface area contributed by atoms with Gasteiger partial charge < -0.3 is 9.47 Å². The Morgan fingerprint density at radius 3 is 3.00 bits per heavy atom. The van der Waals surface area contributed by atoms with E-state index in [1.165, 1.54) is 0 Å². The number of fused-ring (bicyclic) bond motifs is 5. The second-order valence-corrected chi connectivity index (χ2v) is 6.88. The van der Waals surface area contributed by atoms with Crippen molar-refractivity contribution in [2.24, 2.45) is 5.92 Å². The summed E-state index contributed by atoms with van der Waals surface area (Å²) in [6.07, 6.45) is 2.71. The molecule has 128 valence electrons. The summed E-state index contributed by atoms with van der Waals surface area (Å²) in [5, 5.41) is 8.49. The molecule has 2 aliphatic rings. The predicted octanol–water partition coefficient (Wildman–Crippen LogP) is 1.03. The molecule has 3 aromatic heterocycles. The Labute approximate surface area is 144 Å². The van der Waals surface area contributed by atoms with Gasteiger partial charge in [-0.1, -0.05) is 11.3 Å². The minimum absolute atomic E-state index is 0.107. The first-order chi connectivity index (χ1) is 12.2. The molecule has 8 nitrogen and oxygen atoms in total. The maximum Gasteiger partial charge on any atom is 0.250 e. The van der Waals surface area contributed by atoms with Crippen LogP contribution in [0.5, 0.6) is 0 Å². The molecule has 5 rings (SSSR count). The fourth-order valence-corrected chi connectivity index (χ4v) is 4.29. The topological polar surface area (TPSA) is 81.7 Å². The van der Waals surface area contributed by atoms with Crippen molar-refractivity contribution in [1.82, 2.24) is 29.5 Å². The van der Waals surface area contributed by atoms with Crippen molar-refractivity contribution in [3.63, 3.8) is 0 Å². The van der Waals surface area contributed by atoms with Gasteiger partial charge in [0.15, 0.2) is 17.0 Å². The first-order valence-corrected chi connectivity index (χ1v) is 8.73. The van der Waals surface area contributed by atoms with Crippen molar-refractivity contribution in [1.29, 1.82) is 0 Å². The number of hydrogen-bond acceptors (Lipinski definition) is 6. The van der Waals surface area contributed by atoms with Gasteiger partial charge in [-0.05, 0) is 25.3 Å². The van der Waals surface area contributed by atoms with Crippen molar-refractivity contribution in [3.05, 3.63) is 40.6 Å². The molecule has 2 atom stereocenters. The van der Waals surface area contributed by atoms with Crippen LogP contribution in [0.4, 0.5) is 5.82 Å². The Bertz CT molecular complexity index is 1010. The molecule has 0 spiro atoms. The number of piperidine rings is 1. The smallest absolute Gasteiger partial charge is 0.250 e. The van der Waals surface area contributed by atoms with E-state index in [4.69, 9.17) is 0 Å². The van der Waals surface area contributed by atoms with Gasteiger partial charge in [0.25, 0.3) is 5.56 Å². The lowest BCUT2D eigenvalue weighted by molar-refractivity contribution is 0.281. The standard InChI is InChI=1S/C17H19N7O/c1-2-24-17-15(20-21-24)16(18-10-19-17)22-7-11-6-12(9-22)13-4-3-5-14(25)23(13)8-11/h3-5,10-12H,2,6-9H2,1H3. The summed E-state index contributed by atoms with van der Waals surface area (Å²) in [6, 6.07) is 5.59. The summed E-state index contributed by atoms with van der Waals surface area (Å²) in [5.74, 6) is 1.64. The van der Waals surface area contributed by atoms with E-state index < -0.39 is 0 Å². The monoisotopic (exact) mass is 337 g/mol. The summed E-state index contributed by atoms with van der Waals surface area (Å²) in [6.45, 7) is 5.25. The average molecular weight is 337 g/mol. The summed E-state index contributed by atoms with van der Waals surface area (Å²) >= 11 is 0. The molecule has 0 aliphatic carbocycles. The van der Waals surface area contributed by atoms with E-state index in [2.05, 4.69) is 31.2 Å². The van der Waals surface area contributed by atoms with Crippen molar-refractivity contribution in [2.75, 3.05) is 18.0 Å². The molecular weight excluding hydrogens is 318 g/mol. The largest absolute Gasteiger partial charge is 0.354 e. The molecule has 0 aromatic carbocycles. The van der Waals surface area contributed by atoms with Crippen LogP contribution in [-0.2, 0) is 13.1 Å². The molecule has 0 N–H and O–H groups in total. The number of anilines is 1. The summed E-state index contributed by atoms with van der Waals surface area (Å²) in [5.41, 5.74) is 2.78. The molecule has 8 heteroatoms. The quantitative estimate of drug-likeness (QED) is 0.695. The van der Waals surface area contributed by atoms with E-state index in [1.54, 1.807) is 17.1 Å². The molecule has 1 fully saturated rings. The van der Waals surface area contributed by atoms with Gasteiger partial charge in [-0.3, -0.25) is 4.79 Å². The predicted molar refractivity (Wildman–Crippen MR) is 92.6 cm³/mol. The molecule has 2 unspecified atom stereocenters. The zero-order chi connectivity index (χ0) is 17.0. The van der Waals surface area contributed by atoms with Gasteiger partial charge in [-0.2, -0.15) is 0 Å². The van der Waals surface area contributed by atoms with Crippen LogP contribution in [-0.4, -0.2) is 42.6 Å². The molecule has 2 bridgehead atoms. The molecule has 2 aliphatic heterocycles. The highest BCUT2D eigenvalue weighted by molar-refractivity contribution is 5.82. The van der Waals surface area contributed by atoms with Crippen LogP contribution < -0.4 is 10.5 Å².